The molecule has 2 heteroatoms. The van der Waals surface area contributed by atoms with Crippen molar-refractivity contribution in [1.29, 1.82) is 0 Å². The quantitative estimate of drug-likeness (QED) is 0.829. The van der Waals surface area contributed by atoms with E-state index < -0.39 is 0 Å². The first kappa shape index (κ1) is 13.0. The van der Waals surface area contributed by atoms with Gasteiger partial charge in [-0.05, 0) is 43.4 Å². The molecule has 1 aromatic carbocycles. The molecule has 0 aliphatic heterocycles. The molecule has 1 atom stereocenters. The van der Waals surface area contributed by atoms with Crippen molar-refractivity contribution in [2.45, 2.75) is 45.6 Å². The Kier molecular flexibility index (Phi) is 4.36. The Morgan fingerprint density at radius 3 is 2.25 bits per heavy atom. The molecule has 0 heterocycles. The molecule has 0 saturated carbocycles. The first-order chi connectivity index (χ1) is 7.45. The molecule has 2 nitrogen and oxygen atoms in total. The lowest BCUT2D eigenvalue weighted by atomic mass is 9.79. The Morgan fingerprint density at radius 1 is 1.25 bits per heavy atom. The van der Waals surface area contributed by atoms with Crippen molar-refractivity contribution in [3.63, 3.8) is 0 Å². The highest BCUT2D eigenvalue weighted by atomic mass is 16.5. The molecule has 0 amide bonds. The molecule has 1 unspecified atom stereocenters. The fourth-order valence-corrected chi connectivity index (χ4v) is 2.09. The van der Waals surface area contributed by atoms with Gasteiger partial charge in [0.2, 0.25) is 0 Å². The Bertz CT molecular complexity index is 314. The number of benzene rings is 1. The molecule has 0 fully saturated rings. The monoisotopic (exact) mass is 221 g/mol. The van der Waals surface area contributed by atoms with Gasteiger partial charge < -0.3 is 10.5 Å². The third-order valence-electron chi connectivity index (χ3n) is 2.78. The molecule has 0 bridgehead atoms. The topological polar surface area (TPSA) is 35.2 Å². The standard InChI is InChI=1S/C14H23NO/c1-5-16-13-8-6-12(7-9-13)14(3,4)10-11(2)15/h6-9,11H,5,10,15H2,1-4H3. The highest BCUT2D eigenvalue weighted by Crippen LogP contribution is 2.29. The summed E-state index contributed by atoms with van der Waals surface area (Å²) < 4.78 is 5.43. The fourth-order valence-electron chi connectivity index (χ4n) is 2.09. The van der Waals surface area contributed by atoms with Crippen molar-refractivity contribution in [1.82, 2.24) is 0 Å². The predicted octanol–water partition coefficient (Wildman–Crippen LogP) is 3.10. The Hall–Kier alpha value is -1.02. The van der Waals surface area contributed by atoms with Gasteiger partial charge >= 0.3 is 0 Å². The van der Waals surface area contributed by atoms with E-state index in [4.69, 9.17) is 10.5 Å². The van der Waals surface area contributed by atoms with Gasteiger partial charge in [-0.25, -0.2) is 0 Å². The van der Waals surface area contributed by atoms with Crippen molar-refractivity contribution in [2.24, 2.45) is 5.73 Å². The van der Waals surface area contributed by atoms with Gasteiger partial charge in [-0.3, -0.25) is 0 Å². The van der Waals surface area contributed by atoms with Crippen LogP contribution < -0.4 is 10.5 Å². The van der Waals surface area contributed by atoms with E-state index in [0.29, 0.717) is 6.61 Å². The predicted molar refractivity (Wildman–Crippen MR) is 68.9 cm³/mol. The summed E-state index contributed by atoms with van der Waals surface area (Å²) in [5.74, 6) is 0.933. The number of ether oxygens (including phenoxy) is 1. The third-order valence-corrected chi connectivity index (χ3v) is 2.78. The smallest absolute Gasteiger partial charge is 0.119 e. The maximum atomic E-state index is 5.87. The van der Waals surface area contributed by atoms with Gasteiger partial charge in [-0.15, -0.1) is 0 Å². The van der Waals surface area contributed by atoms with Crippen LogP contribution in [0.25, 0.3) is 0 Å². The molecule has 0 aliphatic rings. The van der Waals surface area contributed by atoms with Crippen LogP contribution in [0.3, 0.4) is 0 Å². The van der Waals surface area contributed by atoms with Gasteiger partial charge in [0, 0.05) is 6.04 Å². The largest absolute Gasteiger partial charge is 0.494 e. The third kappa shape index (κ3) is 3.53. The second-order valence-corrected chi connectivity index (χ2v) is 5.02. The molecular formula is C14H23NO. The van der Waals surface area contributed by atoms with Crippen molar-refractivity contribution in [3.8, 4) is 5.75 Å². The molecule has 0 aliphatic carbocycles. The summed E-state index contributed by atoms with van der Waals surface area (Å²) in [5.41, 5.74) is 7.31. The summed E-state index contributed by atoms with van der Waals surface area (Å²) in [6.07, 6.45) is 0.987. The van der Waals surface area contributed by atoms with E-state index in [1.807, 2.05) is 19.1 Å². The van der Waals surface area contributed by atoms with Crippen LogP contribution in [0.4, 0.5) is 0 Å². The average Bonchev–Trinajstić information content (AvgIpc) is 2.17. The maximum Gasteiger partial charge on any atom is 0.119 e. The zero-order chi connectivity index (χ0) is 12.2. The minimum atomic E-state index is 0.124. The number of nitrogens with two attached hydrogens (primary N) is 1. The Balaban J connectivity index is 2.79. The molecule has 0 saturated heterocycles. The van der Waals surface area contributed by atoms with Crippen LogP contribution in [0.15, 0.2) is 24.3 Å². The van der Waals surface area contributed by atoms with Crippen molar-refractivity contribution < 1.29 is 4.74 Å². The Labute approximate surface area is 98.8 Å². The number of hydrogen-bond acceptors (Lipinski definition) is 2. The maximum absolute atomic E-state index is 5.87. The van der Waals surface area contributed by atoms with Gasteiger partial charge in [-0.2, -0.15) is 0 Å². The molecule has 1 rings (SSSR count). The summed E-state index contributed by atoms with van der Waals surface area (Å²) in [7, 11) is 0. The molecule has 0 radical (unpaired) electrons. The van der Waals surface area contributed by atoms with Crippen LogP contribution in [0.5, 0.6) is 5.75 Å². The lowest BCUT2D eigenvalue weighted by Crippen LogP contribution is -2.28. The van der Waals surface area contributed by atoms with E-state index in [1.54, 1.807) is 0 Å². The minimum Gasteiger partial charge on any atom is -0.494 e. The summed E-state index contributed by atoms with van der Waals surface area (Å²) in [4.78, 5) is 0. The summed E-state index contributed by atoms with van der Waals surface area (Å²) in [5, 5.41) is 0. The zero-order valence-corrected chi connectivity index (χ0v) is 10.8. The molecule has 0 aromatic heterocycles. The molecule has 0 spiro atoms. The first-order valence-corrected chi connectivity index (χ1v) is 5.94. The van der Waals surface area contributed by atoms with Gasteiger partial charge in [0.15, 0.2) is 0 Å². The number of hydrogen-bond donors (Lipinski definition) is 1. The van der Waals surface area contributed by atoms with Crippen molar-refractivity contribution in [2.75, 3.05) is 6.61 Å². The van der Waals surface area contributed by atoms with Gasteiger partial charge in [-0.1, -0.05) is 26.0 Å². The lowest BCUT2D eigenvalue weighted by molar-refractivity contribution is 0.339. The lowest BCUT2D eigenvalue weighted by Gasteiger charge is -2.27. The van der Waals surface area contributed by atoms with Gasteiger partial charge in [0.25, 0.3) is 0 Å². The van der Waals surface area contributed by atoms with Gasteiger partial charge in [0.05, 0.1) is 6.61 Å². The van der Waals surface area contributed by atoms with E-state index in [9.17, 15) is 0 Å². The normalized spacial score (nSPS) is 13.6. The highest BCUT2D eigenvalue weighted by Gasteiger charge is 2.21. The van der Waals surface area contributed by atoms with E-state index in [0.717, 1.165) is 12.2 Å². The zero-order valence-electron chi connectivity index (χ0n) is 10.8. The van der Waals surface area contributed by atoms with Crippen molar-refractivity contribution >= 4 is 0 Å². The molecule has 2 N–H and O–H groups in total. The van der Waals surface area contributed by atoms with Crippen LogP contribution in [-0.4, -0.2) is 12.6 Å². The van der Waals surface area contributed by atoms with Crippen LogP contribution in [0.2, 0.25) is 0 Å². The second-order valence-electron chi connectivity index (χ2n) is 5.02. The van der Waals surface area contributed by atoms with Crippen molar-refractivity contribution in [3.05, 3.63) is 29.8 Å². The molecular weight excluding hydrogens is 198 g/mol. The molecule has 16 heavy (non-hydrogen) atoms. The Morgan fingerprint density at radius 2 is 1.81 bits per heavy atom. The summed E-state index contributed by atoms with van der Waals surface area (Å²) >= 11 is 0. The fraction of sp³-hybridized carbons (Fsp3) is 0.571. The molecule has 90 valence electrons. The van der Waals surface area contributed by atoms with Crippen LogP contribution in [0.1, 0.15) is 39.7 Å². The highest BCUT2D eigenvalue weighted by molar-refractivity contribution is 5.31. The second kappa shape index (κ2) is 5.35. The van der Waals surface area contributed by atoms with E-state index >= 15 is 0 Å². The SMILES string of the molecule is CCOc1ccc(C(C)(C)CC(C)N)cc1. The summed E-state index contributed by atoms with van der Waals surface area (Å²) in [6.45, 7) is 9.21. The molecule has 1 aromatic rings. The van der Waals surface area contributed by atoms with Crippen LogP contribution in [-0.2, 0) is 5.41 Å². The van der Waals surface area contributed by atoms with E-state index in [1.165, 1.54) is 5.56 Å². The average molecular weight is 221 g/mol. The van der Waals surface area contributed by atoms with Crippen LogP contribution >= 0.6 is 0 Å². The first-order valence-electron chi connectivity index (χ1n) is 5.94. The van der Waals surface area contributed by atoms with Gasteiger partial charge in [0.1, 0.15) is 5.75 Å². The number of rotatable bonds is 5. The van der Waals surface area contributed by atoms with E-state index in [-0.39, 0.29) is 11.5 Å². The van der Waals surface area contributed by atoms with Crippen LogP contribution in [0, 0.1) is 0 Å². The summed E-state index contributed by atoms with van der Waals surface area (Å²) in [6, 6.07) is 8.55. The van der Waals surface area contributed by atoms with E-state index in [2.05, 4.69) is 32.9 Å². The minimum absolute atomic E-state index is 0.124.